The van der Waals surface area contributed by atoms with Gasteiger partial charge in [-0.2, -0.15) is 0 Å². The fourth-order valence-corrected chi connectivity index (χ4v) is 5.75. The second-order valence-electron chi connectivity index (χ2n) is 13.0. The number of benzene rings is 5. The number of ether oxygens (including phenoxy) is 2. The Bertz CT molecular complexity index is 1710. The van der Waals surface area contributed by atoms with Crippen LogP contribution in [0, 0.1) is 0 Å². The van der Waals surface area contributed by atoms with Crippen molar-refractivity contribution in [3.8, 4) is 17.2 Å². The molecule has 3 aliphatic rings. The Balaban J connectivity index is 0.000000376. The minimum Gasteiger partial charge on any atom is -1.00 e. The normalized spacial score (nSPS) is 14.8. The molecule has 0 saturated heterocycles. The smallest absolute Gasteiger partial charge is 1.00 e. The molecule has 272 valence electrons. The van der Waals surface area contributed by atoms with Gasteiger partial charge in [0.05, 0.1) is 5.60 Å². The number of carbonyl (C=O) groups is 1. The minimum atomic E-state index is -0.585. The van der Waals surface area contributed by atoms with Crippen LogP contribution in [-0.2, 0) is 23.6 Å². The summed E-state index contributed by atoms with van der Waals surface area (Å²) in [6.07, 6.45) is 9.71. The largest absolute Gasteiger partial charge is 2.00 e. The Morgan fingerprint density at radius 2 is 1.12 bits per heavy atom. The quantitative estimate of drug-likeness (QED) is 0.153. The summed E-state index contributed by atoms with van der Waals surface area (Å²) in [6.45, 7) is 1.19. The van der Waals surface area contributed by atoms with Crippen LogP contribution in [-0.4, -0.2) is 39.0 Å². The average molecular weight is 778 g/mol. The van der Waals surface area contributed by atoms with Gasteiger partial charge in [-0.25, -0.2) is 0 Å². The first-order valence-electron chi connectivity index (χ1n) is 17.6. The molecule has 5 aromatic carbocycles. The molecule has 0 amide bonds. The zero-order valence-corrected chi connectivity index (χ0v) is 32.3. The third kappa shape index (κ3) is 14.1. The summed E-state index contributed by atoms with van der Waals surface area (Å²) < 4.78 is 12.4. The van der Waals surface area contributed by atoms with Gasteiger partial charge < -0.3 is 22.5 Å². The number of hydrogen-bond donors (Lipinski definition) is 2. The number of phenolic OH excluding ortho intramolecular Hbond substituents is 1. The number of hydrogen-bond acceptors (Lipinski definition) is 5. The molecule has 0 spiro atoms. The fourth-order valence-electron chi connectivity index (χ4n) is 5.48. The molecule has 0 bridgehead atoms. The van der Waals surface area contributed by atoms with Crippen LogP contribution in [0.3, 0.4) is 0 Å². The minimum absolute atomic E-state index is 0. The van der Waals surface area contributed by atoms with E-state index in [0.29, 0.717) is 24.7 Å². The standard InChI is InChI=1S/C17H18O2.C13H11BrO.C10H12O.C4H6O.CH4.Mg.2H/c18-17(11-4-12-17)15-7-9-16(10-8-15)19-13-14-5-2-1-3-6-14;14-12-6-8-13(9-7-12)15-10-11-4-2-1-3-5-11;11-10-6-4-9(5-7-10)8-2-1-3-8;5-4-2-1-3-4;;;;/h1-3,5-10,18H,4,11-13H2;1-9H,10H2;4-8,11H,1-3H2;1-3H2;1H4;;;/q;;;;;+2;2*-1. The van der Waals surface area contributed by atoms with Gasteiger partial charge in [-0.05, 0) is 115 Å². The van der Waals surface area contributed by atoms with Crippen LogP contribution >= 0.6 is 15.9 Å². The van der Waals surface area contributed by atoms with Crippen LogP contribution in [0.25, 0.3) is 0 Å². The average Bonchev–Trinajstić information content (AvgIpc) is 3.11. The second kappa shape index (κ2) is 22.4. The van der Waals surface area contributed by atoms with Crippen LogP contribution in [0.4, 0.5) is 0 Å². The van der Waals surface area contributed by atoms with Crippen LogP contribution in [0.2, 0.25) is 0 Å². The number of ketones is 1. The third-order valence-electron chi connectivity index (χ3n) is 9.26. The number of aliphatic hydroxyl groups is 1. The molecule has 3 saturated carbocycles. The van der Waals surface area contributed by atoms with Gasteiger partial charge in [0.2, 0.25) is 0 Å². The number of halogens is 1. The summed E-state index contributed by atoms with van der Waals surface area (Å²) in [4.78, 5) is 9.90. The zero-order valence-electron chi connectivity index (χ0n) is 31.3. The summed E-state index contributed by atoms with van der Waals surface area (Å²) in [5, 5.41) is 19.3. The van der Waals surface area contributed by atoms with Gasteiger partial charge in [0.25, 0.3) is 0 Å². The Kier molecular flexibility index (Phi) is 18.5. The summed E-state index contributed by atoms with van der Waals surface area (Å²) in [5.41, 5.74) is 4.14. The van der Waals surface area contributed by atoms with Crippen molar-refractivity contribution in [3.63, 3.8) is 0 Å². The predicted octanol–water partition coefficient (Wildman–Crippen LogP) is 11.5. The zero-order chi connectivity index (χ0) is 35.0. The van der Waals surface area contributed by atoms with Crippen LogP contribution in [0.15, 0.2) is 138 Å². The van der Waals surface area contributed by atoms with Crippen molar-refractivity contribution in [2.45, 2.75) is 89.9 Å². The van der Waals surface area contributed by atoms with E-state index in [4.69, 9.17) is 14.6 Å². The molecule has 0 radical (unpaired) electrons. The first-order valence-corrected chi connectivity index (χ1v) is 18.4. The molecular formula is C45H53BrMgO5. The molecule has 0 aromatic heterocycles. The molecule has 0 unspecified atom stereocenters. The van der Waals surface area contributed by atoms with Crippen molar-refractivity contribution in [2.75, 3.05) is 0 Å². The first kappa shape index (κ1) is 42.8. The fraction of sp³-hybridized carbons (Fsp3) is 0.311. The van der Waals surface area contributed by atoms with E-state index in [-0.39, 0.29) is 33.3 Å². The van der Waals surface area contributed by atoms with Gasteiger partial charge in [-0.1, -0.05) is 115 Å². The Hall–Kier alpha value is -3.62. The van der Waals surface area contributed by atoms with Crippen molar-refractivity contribution >= 4 is 44.8 Å². The third-order valence-corrected chi connectivity index (χ3v) is 9.79. The van der Waals surface area contributed by atoms with Gasteiger partial charge in [-0.3, -0.25) is 4.79 Å². The molecule has 5 nitrogen and oxygen atoms in total. The van der Waals surface area contributed by atoms with Gasteiger partial charge in [0.15, 0.2) is 0 Å². The predicted molar refractivity (Wildman–Crippen MR) is 218 cm³/mol. The number of phenols is 1. The molecule has 0 atom stereocenters. The number of carbonyl (C=O) groups excluding carboxylic acids is 1. The van der Waals surface area contributed by atoms with Crippen molar-refractivity contribution in [1.29, 1.82) is 0 Å². The van der Waals surface area contributed by atoms with Gasteiger partial charge in [-0.15, -0.1) is 0 Å². The van der Waals surface area contributed by atoms with Crippen molar-refractivity contribution < 1.29 is 27.3 Å². The Morgan fingerprint density at radius 1 is 0.654 bits per heavy atom. The maximum atomic E-state index is 10.2. The molecule has 0 heterocycles. The molecule has 7 heteroatoms. The van der Waals surface area contributed by atoms with Gasteiger partial charge in [0.1, 0.15) is 36.2 Å². The summed E-state index contributed by atoms with van der Waals surface area (Å²) in [7, 11) is 0. The maximum absolute atomic E-state index is 10.2. The molecule has 2 N–H and O–H groups in total. The van der Waals surface area contributed by atoms with E-state index in [2.05, 4.69) is 28.1 Å². The molecular weight excluding hydrogens is 725 g/mol. The van der Waals surface area contributed by atoms with Crippen molar-refractivity contribution in [1.82, 2.24) is 0 Å². The monoisotopic (exact) mass is 776 g/mol. The molecule has 3 fully saturated rings. The van der Waals surface area contributed by atoms with E-state index >= 15 is 0 Å². The summed E-state index contributed by atoms with van der Waals surface area (Å²) >= 11 is 3.39. The van der Waals surface area contributed by atoms with Crippen molar-refractivity contribution in [3.05, 3.63) is 160 Å². The molecule has 3 aliphatic carbocycles. The maximum Gasteiger partial charge on any atom is 2.00 e. The topological polar surface area (TPSA) is 76.0 Å². The molecule has 0 aliphatic heterocycles. The molecule has 8 rings (SSSR count). The first-order chi connectivity index (χ1) is 24.4. The second-order valence-corrected chi connectivity index (χ2v) is 13.9. The number of rotatable bonds is 8. The van der Waals surface area contributed by atoms with E-state index in [0.717, 1.165) is 71.5 Å². The van der Waals surface area contributed by atoms with Crippen LogP contribution in [0.1, 0.15) is 96.2 Å². The molecule has 5 aromatic rings. The van der Waals surface area contributed by atoms with E-state index in [1.165, 1.54) is 30.4 Å². The van der Waals surface area contributed by atoms with E-state index in [9.17, 15) is 9.90 Å². The van der Waals surface area contributed by atoms with E-state index in [1.807, 2.05) is 109 Å². The Labute approximate surface area is 337 Å². The summed E-state index contributed by atoms with van der Waals surface area (Å²) in [6, 6.07) is 43.5. The van der Waals surface area contributed by atoms with Crippen LogP contribution < -0.4 is 9.47 Å². The van der Waals surface area contributed by atoms with Gasteiger partial charge >= 0.3 is 23.1 Å². The van der Waals surface area contributed by atoms with E-state index in [1.54, 1.807) is 12.1 Å². The number of aromatic hydroxyl groups is 1. The molecule has 52 heavy (non-hydrogen) atoms. The van der Waals surface area contributed by atoms with Crippen molar-refractivity contribution in [2.24, 2.45) is 0 Å². The van der Waals surface area contributed by atoms with Gasteiger partial charge in [0, 0.05) is 17.3 Å². The summed E-state index contributed by atoms with van der Waals surface area (Å²) in [5.74, 6) is 3.31. The van der Waals surface area contributed by atoms with E-state index < -0.39 is 5.60 Å². The Morgan fingerprint density at radius 3 is 1.48 bits per heavy atom. The van der Waals surface area contributed by atoms with Crippen LogP contribution in [0.5, 0.6) is 17.2 Å². The number of Topliss-reactive ketones (excluding diaryl/α,β-unsaturated/α-hetero) is 1. The SMILES string of the molecule is Brc1ccc(OCc2ccccc2)cc1.C.O=C1CCC1.OC1(c2ccc(OCc3ccccc3)cc2)CCC1.Oc1ccc(C2CCC2)cc1.[H-].[H-].[Mg+2].